The zero-order chi connectivity index (χ0) is 26.8. The number of nitrogens with one attached hydrogen (secondary N) is 2. The number of anilines is 1. The zero-order valence-corrected chi connectivity index (χ0v) is 22.1. The Labute approximate surface area is 225 Å². The van der Waals surface area contributed by atoms with Crippen LogP contribution in [0.4, 0.5) is 10.5 Å². The van der Waals surface area contributed by atoms with Crippen molar-refractivity contribution in [3.05, 3.63) is 95.7 Å². The highest BCUT2D eigenvalue weighted by molar-refractivity contribution is 8.06. The topological polar surface area (TPSA) is 91.0 Å². The number of benzene rings is 3. The summed E-state index contributed by atoms with van der Waals surface area (Å²) in [6.45, 7) is 4.18. The average Bonchev–Trinajstić information content (AvgIpc) is 3.55. The molecule has 2 aliphatic heterocycles. The Morgan fingerprint density at radius 3 is 2.37 bits per heavy atom. The van der Waals surface area contributed by atoms with Crippen LogP contribution < -0.4 is 10.7 Å². The molecule has 3 amide bonds. The number of carbonyl (C=O) groups excluding carboxylic acids is 3. The number of fused-ring (bicyclic) bond motifs is 1. The molecule has 1 atom stereocenters. The van der Waals surface area contributed by atoms with Crippen LogP contribution in [0.3, 0.4) is 0 Å². The number of methoxy groups -OCH3 is 1. The first kappa shape index (κ1) is 25.4. The minimum absolute atomic E-state index is 0.0715. The lowest BCUT2D eigenvalue weighted by Gasteiger charge is -2.28. The molecule has 0 saturated carbocycles. The van der Waals surface area contributed by atoms with Crippen LogP contribution in [0.25, 0.3) is 16.0 Å². The molecule has 2 aliphatic rings. The van der Waals surface area contributed by atoms with Gasteiger partial charge < -0.3 is 15.0 Å². The Morgan fingerprint density at radius 2 is 1.68 bits per heavy atom. The van der Waals surface area contributed by atoms with Crippen LogP contribution in [0.15, 0.2) is 79.0 Å². The van der Waals surface area contributed by atoms with E-state index in [-0.39, 0.29) is 17.9 Å². The molecule has 0 aliphatic carbocycles. The van der Waals surface area contributed by atoms with Crippen molar-refractivity contribution >= 4 is 40.4 Å². The van der Waals surface area contributed by atoms with E-state index in [2.05, 4.69) is 10.7 Å². The normalized spacial score (nSPS) is 15.2. The van der Waals surface area contributed by atoms with Crippen LogP contribution >= 0.6 is 11.9 Å². The second-order valence-electron chi connectivity index (χ2n) is 9.41. The summed E-state index contributed by atoms with van der Waals surface area (Å²) in [6.07, 6.45) is 1.80. The smallest absolute Gasteiger partial charge is 0.351 e. The van der Waals surface area contributed by atoms with Crippen molar-refractivity contribution in [2.24, 2.45) is 5.92 Å². The highest BCUT2D eigenvalue weighted by Gasteiger charge is 2.38. The highest BCUT2D eigenvalue weighted by atomic mass is 32.2. The standard InChI is InChI=1S/C29H28N4O4S/c1-18(2)26(28(35)37-3)32-17-22-10-9-21(15-24(22)27(32)34)19-11-13-23(14-12-19)31-29(36)33-30-16-25(38-33)20-7-5-4-6-8-20/h4-16,18,26,30H,17H2,1-3H3,(H,31,36)/t26-/m0/s1. The summed E-state index contributed by atoms with van der Waals surface area (Å²) in [4.78, 5) is 40.8. The second kappa shape index (κ2) is 10.6. The molecule has 0 bridgehead atoms. The molecular formula is C29H28N4O4S. The largest absolute Gasteiger partial charge is 0.467 e. The number of carbonyl (C=O) groups is 3. The highest BCUT2D eigenvalue weighted by Crippen LogP contribution is 2.34. The van der Waals surface area contributed by atoms with Gasteiger partial charge in [0.15, 0.2) is 0 Å². The van der Waals surface area contributed by atoms with Gasteiger partial charge in [0.05, 0.1) is 12.0 Å². The number of hydrazine groups is 1. The molecule has 2 N–H and O–H groups in total. The quantitative estimate of drug-likeness (QED) is 0.324. The van der Waals surface area contributed by atoms with Crippen molar-refractivity contribution in [1.29, 1.82) is 0 Å². The summed E-state index contributed by atoms with van der Waals surface area (Å²) < 4.78 is 6.39. The van der Waals surface area contributed by atoms with Crippen LogP contribution in [0, 0.1) is 5.92 Å². The van der Waals surface area contributed by atoms with Crippen LogP contribution in [-0.2, 0) is 16.1 Å². The maximum atomic E-state index is 13.2. The first-order chi connectivity index (χ1) is 18.4. The summed E-state index contributed by atoms with van der Waals surface area (Å²) >= 11 is 1.32. The molecule has 2 heterocycles. The predicted molar refractivity (Wildman–Crippen MR) is 148 cm³/mol. The fourth-order valence-electron chi connectivity index (χ4n) is 4.63. The van der Waals surface area contributed by atoms with Crippen molar-refractivity contribution in [3.8, 4) is 11.1 Å². The van der Waals surface area contributed by atoms with E-state index in [1.807, 2.05) is 86.6 Å². The molecule has 0 saturated heterocycles. The molecule has 0 aromatic heterocycles. The number of hydrogen-bond donors (Lipinski definition) is 2. The molecule has 0 radical (unpaired) electrons. The van der Waals surface area contributed by atoms with Gasteiger partial charge in [0, 0.05) is 35.9 Å². The van der Waals surface area contributed by atoms with E-state index in [0.29, 0.717) is 17.8 Å². The third kappa shape index (κ3) is 4.97. The van der Waals surface area contributed by atoms with E-state index in [1.54, 1.807) is 11.1 Å². The van der Waals surface area contributed by atoms with Crippen molar-refractivity contribution in [1.82, 2.24) is 14.7 Å². The summed E-state index contributed by atoms with van der Waals surface area (Å²) in [5, 5.41) is 2.89. The van der Waals surface area contributed by atoms with Gasteiger partial charge >= 0.3 is 12.0 Å². The van der Waals surface area contributed by atoms with E-state index in [9.17, 15) is 14.4 Å². The number of amides is 3. The Kier molecular flexibility index (Phi) is 7.11. The van der Waals surface area contributed by atoms with Crippen LogP contribution in [0.2, 0.25) is 0 Å². The van der Waals surface area contributed by atoms with Crippen LogP contribution in [-0.4, -0.2) is 40.4 Å². The molecule has 38 heavy (non-hydrogen) atoms. The number of nitrogens with zero attached hydrogens (tertiary/aromatic N) is 2. The monoisotopic (exact) mass is 528 g/mol. The Bertz CT molecular complexity index is 1410. The first-order valence-corrected chi connectivity index (χ1v) is 13.1. The molecule has 0 spiro atoms. The first-order valence-electron chi connectivity index (χ1n) is 12.3. The number of rotatable bonds is 6. The van der Waals surface area contributed by atoms with E-state index < -0.39 is 12.0 Å². The van der Waals surface area contributed by atoms with Crippen molar-refractivity contribution in [2.45, 2.75) is 26.4 Å². The van der Waals surface area contributed by atoms with Crippen molar-refractivity contribution in [2.75, 3.05) is 12.4 Å². The molecule has 194 valence electrons. The van der Waals surface area contributed by atoms with Crippen molar-refractivity contribution < 1.29 is 19.1 Å². The molecule has 3 aromatic carbocycles. The third-order valence-corrected chi connectivity index (χ3v) is 7.57. The Morgan fingerprint density at radius 1 is 0.974 bits per heavy atom. The van der Waals surface area contributed by atoms with Gasteiger partial charge in [-0.05, 0) is 46.4 Å². The van der Waals surface area contributed by atoms with Gasteiger partial charge in [0.25, 0.3) is 5.91 Å². The summed E-state index contributed by atoms with van der Waals surface area (Å²) in [7, 11) is 1.34. The van der Waals surface area contributed by atoms with Gasteiger partial charge in [-0.15, -0.1) is 0 Å². The minimum atomic E-state index is -0.631. The summed E-state index contributed by atoms with van der Waals surface area (Å²) in [6, 6.07) is 22.1. The van der Waals surface area contributed by atoms with Crippen LogP contribution in [0.1, 0.15) is 35.3 Å². The number of hydrogen-bond acceptors (Lipinski definition) is 6. The van der Waals surface area contributed by atoms with E-state index in [0.717, 1.165) is 27.2 Å². The van der Waals surface area contributed by atoms with Gasteiger partial charge in [0.2, 0.25) is 0 Å². The molecule has 0 fully saturated rings. The second-order valence-corrected chi connectivity index (χ2v) is 10.4. The van der Waals surface area contributed by atoms with Gasteiger partial charge in [-0.3, -0.25) is 10.2 Å². The van der Waals surface area contributed by atoms with Gasteiger partial charge in [-0.2, -0.15) is 4.41 Å². The third-order valence-electron chi connectivity index (χ3n) is 6.57. The fourth-order valence-corrected chi connectivity index (χ4v) is 5.41. The zero-order valence-electron chi connectivity index (χ0n) is 21.3. The number of esters is 1. The lowest BCUT2D eigenvalue weighted by atomic mass is 10.00. The van der Waals surface area contributed by atoms with Gasteiger partial charge in [-0.1, -0.05) is 68.4 Å². The van der Waals surface area contributed by atoms with E-state index >= 15 is 0 Å². The molecular weight excluding hydrogens is 500 g/mol. The van der Waals surface area contributed by atoms with Gasteiger partial charge in [0.1, 0.15) is 6.04 Å². The lowest BCUT2D eigenvalue weighted by molar-refractivity contribution is -0.147. The molecule has 0 unspecified atom stereocenters. The minimum Gasteiger partial charge on any atom is -0.467 e. The summed E-state index contributed by atoms with van der Waals surface area (Å²) in [5.74, 6) is -0.652. The fraction of sp³-hybridized carbons (Fsp3) is 0.207. The Balaban J connectivity index is 1.25. The average molecular weight is 529 g/mol. The van der Waals surface area contributed by atoms with Crippen LogP contribution in [0.5, 0.6) is 0 Å². The number of ether oxygens (including phenoxy) is 1. The molecule has 5 rings (SSSR count). The van der Waals surface area contributed by atoms with E-state index in [4.69, 9.17) is 4.74 Å². The van der Waals surface area contributed by atoms with Crippen molar-refractivity contribution in [3.63, 3.8) is 0 Å². The molecule has 8 nitrogen and oxygen atoms in total. The lowest BCUT2D eigenvalue weighted by Crippen LogP contribution is -2.45. The Hall–Kier alpha value is -4.24. The maximum absolute atomic E-state index is 13.2. The summed E-state index contributed by atoms with van der Waals surface area (Å²) in [5.41, 5.74) is 7.92. The SMILES string of the molecule is COC(=O)[C@H](C(C)C)N1Cc2ccc(-c3ccc(NC(=O)N4NC=C(c5ccccc5)S4)cc3)cc2C1=O. The maximum Gasteiger partial charge on any atom is 0.351 e. The molecule has 3 aromatic rings. The van der Waals surface area contributed by atoms with E-state index in [1.165, 1.54) is 23.5 Å². The van der Waals surface area contributed by atoms with Gasteiger partial charge in [-0.25, -0.2) is 9.59 Å². The predicted octanol–water partition coefficient (Wildman–Crippen LogP) is 5.51. The molecule has 9 heteroatoms. The number of urea groups is 1.